The molecule has 0 amide bonds. The number of nitrogens with one attached hydrogen (secondary N) is 1. The predicted molar refractivity (Wildman–Crippen MR) is 105 cm³/mol. The highest BCUT2D eigenvalue weighted by atomic mass is 32.2. The Kier molecular flexibility index (Phi) is 4.64. The molecule has 4 rings (SSSR count). The third-order valence-corrected chi connectivity index (χ3v) is 6.10. The lowest BCUT2D eigenvalue weighted by molar-refractivity contribution is 0.0972. The molecule has 0 atom stereocenters. The quantitative estimate of drug-likeness (QED) is 0.714. The molecule has 0 spiro atoms. The van der Waals surface area contributed by atoms with Crippen molar-refractivity contribution in [2.24, 2.45) is 0 Å². The first-order valence-corrected chi connectivity index (χ1v) is 10.3. The Labute approximate surface area is 163 Å². The zero-order chi connectivity index (χ0) is 19.7. The van der Waals surface area contributed by atoms with Crippen LogP contribution in [-0.2, 0) is 16.4 Å². The van der Waals surface area contributed by atoms with E-state index in [1.54, 1.807) is 47.3 Å². The van der Waals surface area contributed by atoms with Crippen LogP contribution in [0.25, 0.3) is 5.69 Å². The molecular weight excluding hydrogens is 378 g/mol. The van der Waals surface area contributed by atoms with Crippen molar-refractivity contribution in [2.75, 3.05) is 11.8 Å². The second-order valence-electron chi connectivity index (χ2n) is 6.52. The number of carbonyl (C=O) groups is 1. The van der Waals surface area contributed by atoms with Gasteiger partial charge >= 0.3 is 0 Å². The van der Waals surface area contributed by atoms with E-state index in [2.05, 4.69) is 9.82 Å². The number of rotatable bonds is 5. The van der Waals surface area contributed by atoms with Crippen molar-refractivity contribution in [2.45, 2.75) is 24.2 Å². The Morgan fingerprint density at radius 3 is 2.64 bits per heavy atom. The van der Waals surface area contributed by atoms with E-state index in [4.69, 9.17) is 4.74 Å². The van der Waals surface area contributed by atoms with E-state index in [0.29, 0.717) is 23.4 Å². The smallest absolute Gasteiger partial charge is 0.261 e. The molecule has 28 heavy (non-hydrogen) atoms. The highest BCUT2D eigenvalue weighted by Gasteiger charge is 2.22. The van der Waals surface area contributed by atoms with Gasteiger partial charge in [-0.3, -0.25) is 9.52 Å². The van der Waals surface area contributed by atoms with Crippen LogP contribution >= 0.6 is 0 Å². The molecule has 0 radical (unpaired) electrons. The van der Waals surface area contributed by atoms with Gasteiger partial charge in [-0.1, -0.05) is 6.07 Å². The van der Waals surface area contributed by atoms with Crippen molar-refractivity contribution in [1.82, 2.24) is 9.78 Å². The van der Waals surface area contributed by atoms with Crippen LogP contribution in [0.1, 0.15) is 28.9 Å². The summed E-state index contributed by atoms with van der Waals surface area (Å²) in [5.41, 5.74) is 2.67. The summed E-state index contributed by atoms with van der Waals surface area (Å²) in [4.78, 5) is 12.1. The molecule has 8 heteroatoms. The van der Waals surface area contributed by atoms with E-state index >= 15 is 0 Å². The fraction of sp³-hybridized carbons (Fsp3) is 0.200. The number of fused-ring (bicyclic) bond motifs is 1. The van der Waals surface area contributed by atoms with Crippen LogP contribution in [0, 0.1) is 0 Å². The lowest BCUT2D eigenvalue weighted by Gasteiger charge is -2.14. The molecule has 1 heterocycles. The maximum atomic E-state index is 12.7. The highest BCUT2D eigenvalue weighted by molar-refractivity contribution is 7.92. The molecule has 0 unspecified atom stereocenters. The van der Waals surface area contributed by atoms with Gasteiger partial charge in [0.1, 0.15) is 5.75 Å². The number of aromatic nitrogens is 2. The Bertz CT molecular complexity index is 1130. The Morgan fingerprint density at radius 1 is 1.11 bits per heavy atom. The first kappa shape index (κ1) is 18.2. The molecule has 0 saturated carbocycles. The summed E-state index contributed by atoms with van der Waals surface area (Å²) in [7, 11) is -2.22. The van der Waals surface area contributed by atoms with Crippen molar-refractivity contribution in [1.29, 1.82) is 0 Å². The fourth-order valence-electron chi connectivity index (χ4n) is 3.29. The molecule has 0 aliphatic heterocycles. The fourth-order valence-corrected chi connectivity index (χ4v) is 4.34. The number of nitrogens with zero attached hydrogens (tertiary/aromatic N) is 2. The molecule has 0 saturated heterocycles. The van der Waals surface area contributed by atoms with E-state index in [1.165, 1.54) is 19.2 Å². The van der Waals surface area contributed by atoms with Crippen LogP contribution < -0.4 is 9.46 Å². The van der Waals surface area contributed by atoms with Gasteiger partial charge in [-0.2, -0.15) is 5.10 Å². The number of sulfonamides is 1. The van der Waals surface area contributed by atoms with Crippen molar-refractivity contribution in [3.8, 4) is 11.4 Å². The summed E-state index contributed by atoms with van der Waals surface area (Å²) < 4.78 is 34.7. The normalized spacial score (nSPS) is 13.8. The number of benzene rings is 2. The summed E-state index contributed by atoms with van der Waals surface area (Å²) >= 11 is 0. The summed E-state index contributed by atoms with van der Waals surface area (Å²) in [5.74, 6) is 0.669. The minimum Gasteiger partial charge on any atom is -0.497 e. The largest absolute Gasteiger partial charge is 0.497 e. The van der Waals surface area contributed by atoms with Crippen LogP contribution in [0.3, 0.4) is 0 Å². The highest BCUT2D eigenvalue weighted by Crippen LogP contribution is 2.25. The minimum atomic E-state index is -3.74. The number of carbonyl (C=O) groups excluding carboxylic acids is 1. The number of anilines is 1. The zero-order valence-electron chi connectivity index (χ0n) is 15.3. The Morgan fingerprint density at radius 2 is 1.89 bits per heavy atom. The number of Topliss-reactive ketones (excluding diaryl/α,β-unsaturated/α-hetero) is 1. The van der Waals surface area contributed by atoms with Crippen LogP contribution in [0.4, 0.5) is 5.69 Å². The Hall–Kier alpha value is -3.13. The molecule has 0 bridgehead atoms. The predicted octanol–water partition coefficient (Wildman–Crippen LogP) is 3.20. The summed E-state index contributed by atoms with van der Waals surface area (Å²) in [6.45, 7) is 0. The van der Waals surface area contributed by atoms with E-state index in [0.717, 1.165) is 24.2 Å². The van der Waals surface area contributed by atoms with Gasteiger partial charge in [0, 0.05) is 12.5 Å². The van der Waals surface area contributed by atoms with Gasteiger partial charge in [0.15, 0.2) is 5.78 Å². The lowest BCUT2D eigenvalue weighted by Crippen LogP contribution is -2.14. The van der Waals surface area contributed by atoms with E-state index in [1.807, 2.05) is 0 Å². The van der Waals surface area contributed by atoms with Crippen LogP contribution in [0.2, 0.25) is 0 Å². The summed E-state index contributed by atoms with van der Waals surface area (Å²) in [5, 5.41) is 4.31. The zero-order valence-corrected chi connectivity index (χ0v) is 16.1. The lowest BCUT2D eigenvalue weighted by atomic mass is 9.97. The van der Waals surface area contributed by atoms with Crippen molar-refractivity contribution in [3.63, 3.8) is 0 Å². The maximum absolute atomic E-state index is 12.7. The van der Waals surface area contributed by atoms with Crippen molar-refractivity contribution < 1.29 is 17.9 Å². The first-order valence-electron chi connectivity index (χ1n) is 8.85. The van der Waals surface area contributed by atoms with E-state index < -0.39 is 10.0 Å². The van der Waals surface area contributed by atoms with Crippen LogP contribution in [0.15, 0.2) is 59.6 Å². The molecule has 7 nitrogen and oxygen atoms in total. The SMILES string of the molecule is COc1cccc(NS(=O)(=O)c2ccc(-n3ncc4c3CCCC4=O)cc2)c1. The van der Waals surface area contributed by atoms with Crippen molar-refractivity contribution in [3.05, 3.63) is 66.0 Å². The molecular formula is C20H19N3O4S. The molecule has 1 aliphatic carbocycles. The first-order chi connectivity index (χ1) is 13.5. The third-order valence-electron chi connectivity index (χ3n) is 4.70. The molecule has 1 N–H and O–H groups in total. The Balaban J connectivity index is 1.60. The molecule has 0 fully saturated rings. The molecule has 144 valence electrons. The average molecular weight is 397 g/mol. The number of ether oxygens (including phenoxy) is 1. The van der Waals surface area contributed by atoms with Gasteiger partial charge in [-0.15, -0.1) is 0 Å². The summed E-state index contributed by atoms with van der Waals surface area (Å²) in [6, 6.07) is 13.1. The maximum Gasteiger partial charge on any atom is 0.261 e. The standard InChI is InChI=1S/C20H19N3O4S/c1-27-16-5-2-4-14(12-16)22-28(25,26)17-10-8-15(9-11-17)23-19-6-3-7-20(24)18(19)13-21-23/h2,4-5,8-13,22H,3,6-7H2,1H3. The second kappa shape index (κ2) is 7.12. The molecule has 1 aromatic heterocycles. The van der Waals surface area contributed by atoms with Gasteiger partial charge in [0.25, 0.3) is 10.0 Å². The topological polar surface area (TPSA) is 90.3 Å². The van der Waals surface area contributed by atoms with Gasteiger partial charge < -0.3 is 4.74 Å². The monoisotopic (exact) mass is 397 g/mol. The number of hydrogen-bond donors (Lipinski definition) is 1. The van der Waals surface area contributed by atoms with Crippen molar-refractivity contribution >= 4 is 21.5 Å². The molecule has 1 aliphatic rings. The molecule has 2 aromatic carbocycles. The average Bonchev–Trinajstić information content (AvgIpc) is 3.13. The third kappa shape index (κ3) is 3.38. The number of hydrogen-bond acceptors (Lipinski definition) is 5. The number of methoxy groups -OCH3 is 1. The second-order valence-corrected chi connectivity index (χ2v) is 8.21. The van der Waals surface area contributed by atoms with E-state index in [-0.39, 0.29) is 10.7 Å². The molecule has 3 aromatic rings. The van der Waals surface area contributed by atoms with Crippen LogP contribution in [0.5, 0.6) is 5.75 Å². The summed E-state index contributed by atoms with van der Waals surface area (Å²) in [6.07, 6.45) is 3.71. The number of ketones is 1. The van der Waals surface area contributed by atoms with Gasteiger partial charge in [0.2, 0.25) is 0 Å². The van der Waals surface area contributed by atoms with Gasteiger partial charge in [0.05, 0.1) is 40.8 Å². The van der Waals surface area contributed by atoms with Gasteiger partial charge in [-0.25, -0.2) is 13.1 Å². The van der Waals surface area contributed by atoms with Gasteiger partial charge in [-0.05, 0) is 49.2 Å². The minimum absolute atomic E-state index is 0.106. The van der Waals surface area contributed by atoms with E-state index in [9.17, 15) is 13.2 Å². The van der Waals surface area contributed by atoms with Crippen LogP contribution in [-0.4, -0.2) is 31.1 Å².